The molecule has 2 N–H and O–H groups in total. The van der Waals surface area contributed by atoms with Crippen LogP contribution in [0.4, 0.5) is 5.69 Å². The van der Waals surface area contributed by atoms with Crippen molar-refractivity contribution in [2.24, 2.45) is 0 Å². The fourth-order valence-corrected chi connectivity index (χ4v) is 2.14. The molecular weight excluding hydrogens is 266 g/mol. The van der Waals surface area contributed by atoms with Crippen LogP contribution in [-0.2, 0) is 4.79 Å². The molecule has 2 aromatic carbocycles. The van der Waals surface area contributed by atoms with E-state index in [-0.39, 0.29) is 17.4 Å². The number of aryl methyl sites for hydroxylation is 1. The van der Waals surface area contributed by atoms with Crippen LogP contribution in [0.1, 0.15) is 34.3 Å². The van der Waals surface area contributed by atoms with Crippen molar-refractivity contribution in [1.82, 2.24) is 0 Å². The molecule has 2 aromatic rings. The van der Waals surface area contributed by atoms with Gasteiger partial charge < -0.3 is 10.4 Å². The molecule has 0 saturated carbocycles. The van der Waals surface area contributed by atoms with E-state index in [2.05, 4.69) is 5.32 Å². The van der Waals surface area contributed by atoms with Crippen molar-refractivity contribution in [3.05, 3.63) is 65.2 Å². The number of hydrogen-bond donors (Lipinski definition) is 2. The number of anilines is 1. The third-order valence-corrected chi connectivity index (χ3v) is 3.44. The summed E-state index contributed by atoms with van der Waals surface area (Å²) < 4.78 is 0. The molecule has 0 saturated heterocycles. The Morgan fingerprint density at radius 2 is 1.71 bits per heavy atom. The Morgan fingerprint density at radius 1 is 1.05 bits per heavy atom. The molecule has 1 unspecified atom stereocenters. The Kier molecular flexibility index (Phi) is 4.38. The number of carboxylic acids is 1. The van der Waals surface area contributed by atoms with Crippen LogP contribution in [0.3, 0.4) is 0 Å². The van der Waals surface area contributed by atoms with Gasteiger partial charge in [0.25, 0.3) is 0 Å². The second-order valence-corrected chi connectivity index (χ2v) is 4.92. The summed E-state index contributed by atoms with van der Waals surface area (Å²) in [5, 5.41) is 11.9. The first-order valence-electron chi connectivity index (χ1n) is 6.69. The van der Waals surface area contributed by atoms with Gasteiger partial charge in [0.15, 0.2) is 0 Å². The summed E-state index contributed by atoms with van der Waals surface area (Å²) >= 11 is 0. The van der Waals surface area contributed by atoms with Gasteiger partial charge in [-0.1, -0.05) is 42.5 Å². The maximum absolute atomic E-state index is 12.3. The Labute approximate surface area is 123 Å². The summed E-state index contributed by atoms with van der Waals surface area (Å²) in [6, 6.07) is 14.3. The summed E-state index contributed by atoms with van der Waals surface area (Å²) in [5.74, 6) is -1.63. The van der Waals surface area contributed by atoms with E-state index in [9.17, 15) is 14.7 Å². The zero-order valence-electron chi connectivity index (χ0n) is 12.0. The molecule has 0 aliphatic carbocycles. The van der Waals surface area contributed by atoms with Crippen molar-refractivity contribution in [1.29, 1.82) is 0 Å². The van der Waals surface area contributed by atoms with Crippen LogP contribution in [0.15, 0.2) is 48.5 Å². The highest BCUT2D eigenvalue weighted by atomic mass is 16.4. The van der Waals surface area contributed by atoms with Crippen LogP contribution in [-0.4, -0.2) is 17.0 Å². The highest BCUT2D eigenvalue weighted by Gasteiger charge is 2.19. The van der Waals surface area contributed by atoms with Gasteiger partial charge in [-0.25, -0.2) is 4.79 Å². The molecule has 0 aromatic heterocycles. The molecule has 1 atom stereocenters. The smallest absolute Gasteiger partial charge is 0.337 e. The number of carbonyl (C=O) groups is 2. The molecule has 0 fully saturated rings. The van der Waals surface area contributed by atoms with Crippen LogP contribution in [0.5, 0.6) is 0 Å². The van der Waals surface area contributed by atoms with Crippen molar-refractivity contribution in [2.75, 3.05) is 5.32 Å². The Morgan fingerprint density at radius 3 is 2.33 bits per heavy atom. The Bertz CT molecular complexity index is 665. The number of rotatable bonds is 4. The second kappa shape index (κ2) is 6.22. The predicted octanol–water partition coefficient (Wildman–Crippen LogP) is 3.44. The Balaban J connectivity index is 2.26. The molecule has 0 spiro atoms. The lowest BCUT2D eigenvalue weighted by Crippen LogP contribution is -2.21. The number of carbonyl (C=O) groups excluding carboxylic acids is 1. The van der Waals surface area contributed by atoms with Gasteiger partial charge in [-0.3, -0.25) is 4.79 Å². The molecule has 4 nitrogen and oxygen atoms in total. The first-order valence-corrected chi connectivity index (χ1v) is 6.69. The summed E-state index contributed by atoms with van der Waals surface area (Å²) in [6.45, 7) is 3.57. The maximum Gasteiger partial charge on any atom is 0.337 e. The standard InChI is InChI=1S/C17H17NO3/c1-11-7-6-10-14(17(20)21)15(11)18-16(19)12(2)13-8-4-3-5-9-13/h3-10,12H,1-2H3,(H,18,19)(H,20,21). The number of carboxylic acid groups (broad SMARTS) is 1. The molecule has 0 bridgehead atoms. The van der Waals surface area contributed by atoms with Crippen molar-refractivity contribution in [2.45, 2.75) is 19.8 Å². The average Bonchev–Trinajstić information content (AvgIpc) is 2.49. The van der Waals surface area contributed by atoms with Crippen molar-refractivity contribution >= 4 is 17.6 Å². The van der Waals surface area contributed by atoms with E-state index >= 15 is 0 Å². The average molecular weight is 283 g/mol. The van der Waals surface area contributed by atoms with Gasteiger partial charge in [-0.05, 0) is 31.0 Å². The molecule has 0 aliphatic heterocycles. The van der Waals surface area contributed by atoms with E-state index in [0.29, 0.717) is 5.69 Å². The topological polar surface area (TPSA) is 66.4 Å². The van der Waals surface area contributed by atoms with Gasteiger partial charge in [-0.2, -0.15) is 0 Å². The molecule has 2 rings (SSSR count). The van der Waals surface area contributed by atoms with Gasteiger partial charge in [0, 0.05) is 0 Å². The van der Waals surface area contributed by atoms with Gasteiger partial charge in [0.2, 0.25) is 5.91 Å². The van der Waals surface area contributed by atoms with E-state index in [1.165, 1.54) is 6.07 Å². The predicted molar refractivity (Wildman–Crippen MR) is 81.6 cm³/mol. The van der Waals surface area contributed by atoms with E-state index in [0.717, 1.165) is 11.1 Å². The number of para-hydroxylation sites is 1. The zero-order chi connectivity index (χ0) is 15.4. The molecule has 1 amide bonds. The minimum Gasteiger partial charge on any atom is -0.478 e. The maximum atomic E-state index is 12.3. The number of aromatic carboxylic acids is 1. The normalized spacial score (nSPS) is 11.7. The van der Waals surface area contributed by atoms with Gasteiger partial charge in [-0.15, -0.1) is 0 Å². The molecule has 21 heavy (non-hydrogen) atoms. The second-order valence-electron chi connectivity index (χ2n) is 4.92. The van der Waals surface area contributed by atoms with Crippen LogP contribution >= 0.6 is 0 Å². The fraction of sp³-hybridized carbons (Fsp3) is 0.176. The molecular formula is C17H17NO3. The number of nitrogens with one attached hydrogen (secondary N) is 1. The van der Waals surface area contributed by atoms with Crippen LogP contribution in [0.25, 0.3) is 0 Å². The van der Waals surface area contributed by atoms with Crippen LogP contribution in [0.2, 0.25) is 0 Å². The van der Waals surface area contributed by atoms with E-state index in [1.807, 2.05) is 30.3 Å². The fourth-order valence-electron chi connectivity index (χ4n) is 2.14. The van der Waals surface area contributed by atoms with Crippen molar-refractivity contribution in [3.8, 4) is 0 Å². The van der Waals surface area contributed by atoms with Gasteiger partial charge in [0.1, 0.15) is 0 Å². The first-order chi connectivity index (χ1) is 10.0. The number of amides is 1. The molecule has 108 valence electrons. The minimum atomic E-state index is -1.05. The van der Waals surface area contributed by atoms with E-state index in [4.69, 9.17) is 0 Å². The minimum absolute atomic E-state index is 0.101. The zero-order valence-corrected chi connectivity index (χ0v) is 12.0. The summed E-state index contributed by atoms with van der Waals surface area (Å²) in [4.78, 5) is 23.6. The van der Waals surface area contributed by atoms with Crippen molar-refractivity contribution < 1.29 is 14.7 Å². The Hall–Kier alpha value is -2.62. The highest BCUT2D eigenvalue weighted by Crippen LogP contribution is 2.23. The molecule has 0 aliphatic rings. The summed E-state index contributed by atoms with van der Waals surface area (Å²) in [6.07, 6.45) is 0. The number of benzene rings is 2. The van der Waals surface area contributed by atoms with E-state index < -0.39 is 5.97 Å². The largest absolute Gasteiger partial charge is 0.478 e. The lowest BCUT2D eigenvalue weighted by Gasteiger charge is -2.15. The van der Waals surface area contributed by atoms with Gasteiger partial charge >= 0.3 is 5.97 Å². The lowest BCUT2D eigenvalue weighted by molar-refractivity contribution is -0.117. The number of hydrogen-bond acceptors (Lipinski definition) is 2. The lowest BCUT2D eigenvalue weighted by atomic mass is 9.99. The third kappa shape index (κ3) is 3.28. The van der Waals surface area contributed by atoms with Gasteiger partial charge in [0.05, 0.1) is 17.2 Å². The van der Waals surface area contributed by atoms with Crippen molar-refractivity contribution in [3.63, 3.8) is 0 Å². The third-order valence-electron chi connectivity index (χ3n) is 3.44. The summed E-state index contributed by atoms with van der Waals surface area (Å²) in [5.41, 5.74) is 2.07. The quantitative estimate of drug-likeness (QED) is 0.903. The molecule has 4 heteroatoms. The first kappa shape index (κ1) is 14.8. The van der Waals surface area contributed by atoms with Crippen LogP contribution in [0, 0.1) is 6.92 Å². The summed E-state index contributed by atoms with van der Waals surface area (Å²) in [7, 11) is 0. The van der Waals surface area contributed by atoms with E-state index in [1.54, 1.807) is 26.0 Å². The molecule has 0 heterocycles. The van der Waals surface area contributed by atoms with Crippen LogP contribution < -0.4 is 5.32 Å². The monoisotopic (exact) mass is 283 g/mol. The highest BCUT2D eigenvalue weighted by molar-refractivity contribution is 6.03. The molecule has 0 radical (unpaired) electrons. The SMILES string of the molecule is Cc1cccc(C(=O)O)c1NC(=O)C(C)c1ccccc1.